The lowest BCUT2D eigenvalue weighted by molar-refractivity contribution is -0.126. The summed E-state index contributed by atoms with van der Waals surface area (Å²) in [6.07, 6.45) is 5.14. The maximum atomic E-state index is 11.9. The number of nitrogens with one attached hydrogen (secondary N) is 1. The molecule has 0 aromatic rings. The van der Waals surface area contributed by atoms with Gasteiger partial charge in [-0.15, -0.1) is 0 Å². The Hall–Kier alpha value is -1.08. The van der Waals surface area contributed by atoms with Crippen LogP contribution in [0.3, 0.4) is 0 Å². The quantitative estimate of drug-likeness (QED) is 0.764. The number of likely N-dealkylation sites (N-methyl/N-ethyl adjacent to an activating group) is 1. The van der Waals surface area contributed by atoms with E-state index < -0.39 is 0 Å². The van der Waals surface area contributed by atoms with Gasteiger partial charge in [-0.1, -0.05) is 12.8 Å². The van der Waals surface area contributed by atoms with E-state index in [1.165, 1.54) is 12.8 Å². The summed E-state index contributed by atoms with van der Waals surface area (Å²) >= 11 is 0. The summed E-state index contributed by atoms with van der Waals surface area (Å²) in [5.41, 5.74) is 0. The van der Waals surface area contributed by atoms with Crippen molar-refractivity contribution in [2.24, 2.45) is 0 Å². The van der Waals surface area contributed by atoms with Crippen LogP contribution in [0.2, 0.25) is 0 Å². The fourth-order valence-electron chi connectivity index (χ4n) is 2.01. The van der Waals surface area contributed by atoms with Crippen molar-refractivity contribution >= 4 is 5.91 Å². The molecule has 4 heteroatoms. The summed E-state index contributed by atoms with van der Waals surface area (Å²) in [6, 6.07) is 2.32. The molecule has 0 aromatic carbocycles. The average molecular weight is 223 g/mol. The largest absolute Gasteiger partial charge is 0.352 e. The molecule has 1 saturated carbocycles. The summed E-state index contributed by atoms with van der Waals surface area (Å²) in [5, 5.41) is 11.6. The molecule has 0 radical (unpaired) electrons. The topological polar surface area (TPSA) is 56.1 Å². The van der Waals surface area contributed by atoms with Crippen molar-refractivity contribution in [1.29, 1.82) is 5.26 Å². The number of rotatable bonds is 5. The van der Waals surface area contributed by atoms with Gasteiger partial charge in [-0.3, -0.25) is 9.69 Å². The second-order valence-corrected chi connectivity index (χ2v) is 4.55. The highest BCUT2D eigenvalue weighted by molar-refractivity contribution is 5.81. The Morgan fingerprint density at radius 1 is 1.56 bits per heavy atom. The number of amides is 1. The molecule has 0 saturated heterocycles. The van der Waals surface area contributed by atoms with Crippen molar-refractivity contribution in [3.63, 3.8) is 0 Å². The normalized spacial score (nSPS) is 18.4. The predicted molar refractivity (Wildman–Crippen MR) is 62.7 cm³/mol. The SMILES string of the molecule is CC(C(=O)NC1CCCC1)N(C)CCC#N. The maximum absolute atomic E-state index is 11.9. The number of carbonyl (C=O) groups is 1. The molecule has 90 valence electrons. The lowest BCUT2D eigenvalue weighted by Gasteiger charge is -2.24. The van der Waals surface area contributed by atoms with E-state index in [1.54, 1.807) is 0 Å². The third-order valence-corrected chi connectivity index (χ3v) is 3.32. The first-order chi connectivity index (χ1) is 7.65. The molecule has 4 nitrogen and oxygen atoms in total. The predicted octanol–water partition coefficient (Wildman–Crippen LogP) is 1.28. The van der Waals surface area contributed by atoms with Gasteiger partial charge in [-0.25, -0.2) is 0 Å². The molecule has 1 atom stereocenters. The van der Waals surface area contributed by atoms with Crippen LogP contribution >= 0.6 is 0 Å². The van der Waals surface area contributed by atoms with Gasteiger partial charge in [0.1, 0.15) is 0 Å². The molecule has 1 aliphatic carbocycles. The van der Waals surface area contributed by atoms with Crippen molar-refractivity contribution < 1.29 is 4.79 Å². The van der Waals surface area contributed by atoms with E-state index in [0.717, 1.165) is 12.8 Å². The number of hydrogen-bond acceptors (Lipinski definition) is 3. The molecule has 16 heavy (non-hydrogen) atoms. The molecule has 1 aliphatic rings. The van der Waals surface area contributed by atoms with Crippen molar-refractivity contribution in [2.75, 3.05) is 13.6 Å². The smallest absolute Gasteiger partial charge is 0.237 e. The molecule has 0 heterocycles. The van der Waals surface area contributed by atoms with Gasteiger partial charge >= 0.3 is 0 Å². The number of carbonyl (C=O) groups excluding carboxylic acids is 1. The Morgan fingerprint density at radius 2 is 2.19 bits per heavy atom. The van der Waals surface area contributed by atoms with Crippen molar-refractivity contribution in [2.45, 2.75) is 51.1 Å². The van der Waals surface area contributed by atoms with E-state index in [4.69, 9.17) is 5.26 Å². The molecule has 0 spiro atoms. The van der Waals surface area contributed by atoms with Gasteiger partial charge in [-0.2, -0.15) is 5.26 Å². The van der Waals surface area contributed by atoms with Gasteiger partial charge in [0.05, 0.1) is 12.1 Å². The zero-order valence-electron chi connectivity index (χ0n) is 10.2. The first kappa shape index (κ1) is 13.0. The molecule has 1 rings (SSSR count). The van der Waals surface area contributed by atoms with Crippen LogP contribution in [0.25, 0.3) is 0 Å². The second-order valence-electron chi connectivity index (χ2n) is 4.55. The summed E-state index contributed by atoms with van der Waals surface area (Å²) in [4.78, 5) is 13.8. The minimum Gasteiger partial charge on any atom is -0.352 e. The van der Waals surface area contributed by atoms with Gasteiger partial charge in [0.15, 0.2) is 0 Å². The van der Waals surface area contributed by atoms with E-state index in [-0.39, 0.29) is 11.9 Å². The number of nitriles is 1. The van der Waals surface area contributed by atoms with Crippen molar-refractivity contribution in [3.05, 3.63) is 0 Å². The van der Waals surface area contributed by atoms with E-state index in [9.17, 15) is 4.79 Å². The van der Waals surface area contributed by atoms with Crippen LogP contribution in [0, 0.1) is 11.3 Å². The third-order valence-electron chi connectivity index (χ3n) is 3.32. The zero-order chi connectivity index (χ0) is 12.0. The molecule has 0 bridgehead atoms. The summed E-state index contributed by atoms with van der Waals surface area (Å²) < 4.78 is 0. The zero-order valence-corrected chi connectivity index (χ0v) is 10.2. The highest BCUT2D eigenvalue weighted by atomic mass is 16.2. The molecular formula is C12H21N3O. The molecule has 0 aliphatic heterocycles. The Balaban J connectivity index is 2.31. The average Bonchev–Trinajstić information content (AvgIpc) is 2.77. The molecule has 1 N–H and O–H groups in total. The van der Waals surface area contributed by atoms with E-state index in [2.05, 4.69) is 11.4 Å². The molecule has 1 amide bonds. The number of nitrogens with zero attached hydrogens (tertiary/aromatic N) is 2. The van der Waals surface area contributed by atoms with Crippen LogP contribution in [0.1, 0.15) is 39.0 Å². The Labute approximate surface area is 97.6 Å². The summed E-state index contributed by atoms with van der Waals surface area (Å²) in [6.45, 7) is 2.54. The van der Waals surface area contributed by atoms with Crippen LogP contribution < -0.4 is 5.32 Å². The van der Waals surface area contributed by atoms with Gasteiger partial charge in [-0.05, 0) is 26.8 Å². The van der Waals surface area contributed by atoms with E-state index in [1.807, 2.05) is 18.9 Å². The van der Waals surface area contributed by atoms with Gasteiger partial charge in [0, 0.05) is 19.0 Å². The first-order valence-corrected chi connectivity index (χ1v) is 6.02. The maximum Gasteiger partial charge on any atom is 0.237 e. The first-order valence-electron chi connectivity index (χ1n) is 6.02. The highest BCUT2D eigenvalue weighted by Crippen LogP contribution is 2.17. The Kier molecular flexibility index (Phi) is 5.27. The van der Waals surface area contributed by atoms with Gasteiger partial charge in [0.25, 0.3) is 0 Å². The van der Waals surface area contributed by atoms with E-state index in [0.29, 0.717) is 19.0 Å². The van der Waals surface area contributed by atoms with Crippen LogP contribution in [0.5, 0.6) is 0 Å². The second kappa shape index (κ2) is 6.49. The van der Waals surface area contributed by atoms with Crippen LogP contribution in [-0.2, 0) is 4.79 Å². The lowest BCUT2D eigenvalue weighted by atomic mass is 10.2. The summed E-state index contributed by atoms with van der Waals surface area (Å²) in [5.74, 6) is 0.0901. The number of hydrogen-bond donors (Lipinski definition) is 1. The minimum atomic E-state index is -0.144. The third kappa shape index (κ3) is 3.82. The monoisotopic (exact) mass is 223 g/mol. The fourth-order valence-corrected chi connectivity index (χ4v) is 2.01. The molecule has 0 aromatic heterocycles. The van der Waals surface area contributed by atoms with Crippen LogP contribution in [0.15, 0.2) is 0 Å². The summed E-state index contributed by atoms with van der Waals surface area (Å²) in [7, 11) is 1.89. The van der Waals surface area contributed by atoms with Crippen molar-refractivity contribution in [1.82, 2.24) is 10.2 Å². The highest BCUT2D eigenvalue weighted by Gasteiger charge is 2.22. The van der Waals surface area contributed by atoms with Crippen LogP contribution in [-0.4, -0.2) is 36.5 Å². The molecule has 1 fully saturated rings. The Bertz CT molecular complexity index is 266. The standard InChI is InChI=1S/C12H21N3O/c1-10(15(2)9-5-8-13)12(16)14-11-6-3-4-7-11/h10-11H,3-7,9H2,1-2H3,(H,14,16). The van der Waals surface area contributed by atoms with E-state index >= 15 is 0 Å². The van der Waals surface area contributed by atoms with Crippen molar-refractivity contribution in [3.8, 4) is 6.07 Å². The Morgan fingerprint density at radius 3 is 2.75 bits per heavy atom. The fraction of sp³-hybridized carbons (Fsp3) is 0.833. The molecule has 1 unspecified atom stereocenters. The van der Waals surface area contributed by atoms with Gasteiger partial charge in [0.2, 0.25) is 5.91 Å². The van der Waals surface area contributed by atoms with Crippen LogP contribution in [0.4, 0.5) is 0 Å². The molecular weight excluding hydrogens is 202 g/mol. The minimum absolute atomic E-state index is 0.0901. The van der Waals surface area contributed by atoms with Gasteiger partial charge < -0.3 is 5.32 Å². The lowest BCUT2D eigenvalue weighted by Crippen LogP contribution is -2.46.